The van der Waals surface area contributed by atoms with Gasteiger partial charge in [-0.25, -0.2) is 4.98 Å². The second-order valence-electron chi connectivity index (χ2n) is 7.92. The van der Waals surface area contributed by atoms with Crippen LogP contribution in [0.4, 0.5) is 13.2 Å². The number of halogens is 3. The van der Waals surface area contributed by atoms with Crippen LogP contribution in [0.5, 0.6) is 5.88 Å². The van der Waals surface area contributed by atoms with Crippen LogP contribution in [0.3, 0.4) is 0 Å². The Morgan fingerprint density at radius 1 is 1.15 bits per heavy atom. The maximum atomic E-state index is 13.0. The zero-order chi connectivity index (χ0) is 20.2. The smallest absolute Gasteiger partial charge is 0.433 e. The number of alkyl halides is 3. The summed E-state index contributed by atoms with van der Waals surface area (Å²) in [6, 6.07) is 3.40. The highest BCUT2D eigenvalue weighted by Crippen LogP contribution is 2.41. The second kappa shape index (κ2) is 6.58. The van der Waals surface area contributed by atoms with Gasteiger partial charge >= 0.3 is 6.18 Å². The van der Waals surface area contributed by atoms with Crippen LogP contribution >= 0.6 is 0 Å². The molecule has 0 unspecified atom stereocenters. The molecule has 5 atom stereocenters. The van der Waals surface area contributed by atoms with E-state index in [4.69, 9.17) is 18.9 Å². The first-order valence-corrected chi connectivity index (χ1v) is 8.72. The molecule has 1 aromatic heterocycles. The Hall–Kier alpha value is -1.42. The first-order valence-electron chi connectivity index (χ1n) is 8.72. The van der Waals surface area contributed by atoms with E-state index < -0.39 is 53.8 Å². The van der Waals surface area contributed by atoms with Crippen molar-refractivity contribution in [2.75, 3.05) is 0 Å². The van der Waals surface area contributed by atoms with Gasteiger partial charge in [0, 0.05) is 6.07 Å². The van der Waals surface area contributed by atoms with Crippen molar-refractivity contribution < 1.29 is 37.2 Å². The summed E-state index contributed by atoms with van der Waals surface area (Å²) in [5.41, 5.74) is -2.40. The number of rotatable bonds is 3. The van der Waals surface area contributed by atoms with Crippen LogP contribution < -0.4 is 4.74 Å². The van der Waals surface area contributed by atoms with E-state index in [9.17, 15) is 18.3 Å². The van der Waals surface area contributed by atoms with Crippen molar-refractivity contribution in [3.05, 3.63) is 23.9 Å². The molecule has 3 heterocycles. The molecule has 2 fully saturated rings. The van der Waals surface area contributed by atoms with Crippen LogP contribution in [0.2, 0.25) is 0 Å². The Labute approximate surface area is 155 Å². The van der Waals surface area contributed by atoms with Crippen LogP contribution in [-0.2, 0) is 20.4 Å². The van der Waals surface area contributed by atoms with E-state index in [1.54, 1.807) is 34.6 Å². The van der Waals surface area contributed by atoms with E-state index >= 15 is 0 Å². The molecule has 1 aromatic rings. The molecule has 152 valence electrons. The fraction of sp³-hybridized carbons (Fsp3) is 0.722. The fourth-order valence-electron chi connectivity index (χ4n) is 3.47. The lowest BCUT2D eigenvalue weighted by Crippen LogP contribution is -2.63. The lowest BCUT2D eigenvalue weighted by molar-refractivity contribution is -0.224. The van der Waals surface area contributed by atoms with Gasteiger partial charge in [0.2, 0.25) is 5.88 Å². The van der Waals surface area contributed by atoms with Crippen molar-refractivity contribution in [2.45, 2.75) is 82.7 Å². The number of nitrogens with zero attached hydrogens (tertiary/aromatic N) is 1. The third-order valence-electron chi connectivity index (χ3n) is 4.58. The van der Waals surface area contributed by atoms with Crippen LogP contribution in [0.15, 0.2) is 18.2 Å². The minimum Gasteiger partial charge on any atom is -0.469 e. The Kier molecular flexibility index (Phi) is 4.95. The predicted molar refractivity (Wildman–Crippen MR) is 88.1 cm³/mol. The van der Waals surface area contributed by atoms with Gasteiger partial charge in [-0.05, 0) is 40.7 Å². The van der Waals surface area contributed by atoms with Gasteiger partial charge < -0.3 is 24.1 Å². The monoisotopic (exact) mass is 391 g/mol. The Morgan fingerprint density at radius 2 is 1.78 bits per heavy atom. The van der Waals surface area contributed by atoms with Gasteiger partial charge in [-0.15, -0.1) is 0 Å². The first kappa shape index (κ1) is 20.3. The number of hydrogen-bond donors (Lipinski definition) is 1. The molecule has 27 heavy (non-hydrogen) atoms. The van der Waals surface area contributed by atoms with Gasteiger partial charge in [0.1, 0.15) is 24.0 Å². The lowest BCUT2D eigenvalue weighted by Gasteiger charge is -2.45. The van der Waals surface area contributed by atoms with E-state index in [-0.39, 0.29) is 5.88 Å². The molecule has 2 saturated heterocycles. The van der Waals surface area contributed by atoms with E-state index in [0.29, 0.717) is 0 Å². The predicted octanol–water partition coefficient (Wildman–Crippen LogP) is 2.93. The van der Waals surface area contributed by atoms with E-state index in [2.05, 4.69) is 4.98 Å². The Morgan fingerprint density at radius 3 is 2.37 bits per heavy atom. The average Bonchev–Trinajstić information content (AvgIpc) is 2.84. The van der Waals surface area contributed by atoms with Gasteiger partial charge in [-0.1, -0.05) is 6.07 Å². The third kappa shape index (κ3) is 4.21. The number of aromatic nitrogens is 1. The highest BCUT2D eigenvalue weighted by molar-refractivity contribution is 5.19. The van der Waals surface area contributed by atoms with Crippen molar-refractivity contribution in [3.8, 4) is 5.88 Å². The molecular weight excluding hydrogens is 367 g/mol. The van der Waals surface area contributed by atoms with Crippen LogP contribution in [0, 0.1) is 0 Å². The number of pyridine rings is 1. The van der Waals surface area contributed by atoms with Gasteiger partial charge in [-0.2, -0.15) is 13.2 Å². The molecule has 9 heteroatoms. The molecule has 0 spiro atoms. The highest BCUT2D eigenvalue weighted by atomic mass is 19.4. The molecule has 0 saturated carbocycles. The number of hydrogen-bond acceptors (Lipinski definition) is 6. The van der Waals surface area contributed by atoms with Crippen molar-refractivity contribution in [1.29, 1.82) is 0 Å². The molecular formula is C18H24F3NO5. The molecule has 0 bridgehead atoms. The minimum absolute atomic E-state index is 0.228. The van der Waals surface area contributed by atoms with Gasteiger partial charge in [-0.3, -0.25) is 0 Å². The summed E-state index contributed by atoms with van der Waals surface area (Å²) in [6.07, 6.45) is -7.90. The van der Waals surface area contributed by atoms with Crippen molar-refractivity contribution >= 4 is 0 Å². The van der Waals surface area contributed by atoms with Crippen LogP contribution in [-0.4, -0.2) is 52.0 Å². The molecule has 2 aliphatic rings. The van der Waals surface area contributed by atoms with Gasteiger partial charge in [0.25, 0.3) is 0 Å². The summed E-state index contributed by atoms with van der Waals surface area (Å²) in [5, 5.41) is 10.5. The minimum atomic E-state index is -4.59. The zero-order valence-electron chi connectivity index (χ0n) is 15.8. The molecule has 1 N–H and O–H groups in total. The van der Waals surface area contributed by atoms with E-state index in [1.165, 1.54) is 12.1 Å². The van der Waals surface area contributed by atoms with Crippen molar-refractivity contribution in [2.24, 2.45) is 0 Å². The summed E-state index contributed by atoms with van der Waals surface area (Å²) in [6.45, 7) is 8.34. The molecule has 0 aliphatic carbocycles. The Balaban J connectivity index is 1.94. The molecule has 2 aliphatic heterocycles. The maximum Gasteiger partial charge on any atom is 0.433 e. The van der Waals surface area contributed by atoms with Gasteiger partial charge in [0.15, 0.2) is 11.9 Å². The summed E-state index contributed by atoms with van der Waals surface area (Å²) in [7, 11) is 0. The lowest BCUT2D eigenvalue weighted by atomic mass is 9.87. The standard InChI is InChI=1S/C18H24F3NO5/c1-9-12-13(27-17(4,5)26-12)14(15(24-9)16(2,3)23)25-11-8-6-7-10(22-11)18(19,20)21/h6-9,12-15,23H,1-5H3/t9-,12+,13+,14-,15+/m1/s1. The SMILES string of the molecule is C[C@H]1O[C@H](C(C)(C)O)[C@H](Oc2cccc(C(F)(F)F)n2)[C@H]2OC(C)(C)O[C@H]21. The molecule has 0 radical (unpaired) electrons. The quantitative estimate of drug-likeness (QED) is 0.855. The van der Waals surface area contributed by atoms with Gasteiger partial charge in [0.05, 0.1) is 11.7 Å². The van der Waals surface area contributed by atoms with E-state index in [0.717, 1.165) is 6.07 Å². The topological polar surface area (TPSA) is 70.0 Å². The second-order valence-corrected chi connectivity index (χ2v) is 7.92. The molecule has 3 rings (SSSR count). The molecule has 6 nitrogen and oxygen atoms in total. The summed E-state index contributed by atoms with van der Waals surface area (Å²) < 4.78 is 62.4. The van der Waals surface area contributed by atoms with Crippen molar-refractivity contribution in [1.82, 2.24) is 4.98 Å². The summed E-state index contributed by atoms with van der Waals surface area (Å²) >= 11 is 0. The largest absolute Gasteiger partial charge is 0.469 e. The first-order chi connectivity index (χ1) is 12.3. The van der Waals surface area contributed by atoms with E-state index in [1.807, 2.05) is 0 Å². The zero-order valence-corrected chi connectivity index (χ0v) is 15.8. The third-order valence-corrected chi connectivity index (χ3v) is 4.58. The fourth-order valence-corrected chi connectivity index (χ4v) is 3.47. The van der Waals surface area contributed by atoms with Crippen molar-refractivity contribution in [3.63, 3.8) is 0 Å². The number of aliphatic hydroxyl groups is 1. The van der Waals surface area contributed by atoms with Crippen LogP contribution in [0.25, 0.3) is 0 Å². The Bertz CT molecular complexity index is 688. The average molecular weight is 391 g/mol. The van der Waals surface area contributed by atoms with Crippen LogP contribution in [0.1, 0.15) is 40.3 Å². The number of fused-ring (bicyclic) bond motifs is 1. The molecule has 0 aromatic carbocycles. The number of ether oxygens (including phenoxy) is 4. The summed E-state index contributed by atoms with van der Waals surface area (Å²) in [4.78, 5) is 3.54. The normalized spacial score (nSPS) is 33.6. The maximum absolute atomic E-state index is 13.0. The summed E-state index contributed by atoms with van der Waals surface area (Å²) in [5.74, 6) is -1.14. The highest BCUT2D eigenvalue weighted by Gasteiger charge is 2.58. The molecule has 0 amide bonds.